The minimum absolute atomic E-state index is 0.0313. The van der Waals surface area contributed by atoms with Crippen LogP contribution in [0.4, 0.5) is 0 Å². The van der Waals surface area contributed by atoms with Crippen molar-refractivity contribution in [2.45, 2.75) is 246 Å². The molecule has 3 fully saturated rings. The van der Waals surface area contributed by atoms with Crippen LogP contribution in [0, 0.1) is 11.3 Å². The second kappa shape index (κ2) is 54.6. The van der Waals surface area contributed by atoms with Crippen molar-refractivity contribution < 1.29 is 121 Å². The summed E-state index contributed by atoms with van der Waals surface area (Å²) in [7, 11) is 0. The first-order valence-corrected chi connectivity index (χ1v) is 47.4. The molecule has 0 bridgehead atoms. The predicted molar refractivity (Wildman–Crippen MR) is 512 cm³/mol. The lowest BCUT2D eigenvalue weighted by Crippen LogP contribution is -2.62. The fourth-order valence-corrected chi connectivity index (χ4v) is 17.2. The smallest absolute Gasteiger partial charge is 0.326 e. The summed E-state index contributed by atoms with van der Waals surface area (Å²) in [6.45, 7) is 0.981. The lowest BCUT2D eigenvalue weighted by atomic mass is 9.99. The van der Waals surface area contributed by atoms with Gasteiger partial charge in [-0.25, -0.2) is 14.8 Å². The third-order valence-electron chi connectivity index (χ3n) is 24.8. The van der Waals surface area contributed by atoms with Gasteiger partial charge in [-0.2, -0.15) is 0 Å². The number of primary amides is 2. The van der Waals surface area contributed by atoms with E-state index < -0.39 is 272 Å². The average Bonchev–Trinajstić information content (AvgIpc) is 1.68. The van der Waals surface area contributed by atoms with Crippen LogP contribution in [0.15, 0.2) is 86.0 Å². The lowest BCUT2D eigenvalue weighted by molar-refractivity contribution is -0.147. The van der Waals surface area contributed by atoms with Gasteiger partial charge in [0.05, 0.1) is 57.4 Å². The summed E-state index contributed by atoms with van der Waals surface area (Å²) in [6.07, 6.45) is 4.16. The SMILES string of the molecule is CC(C)[C@H](NC(=O)[C@H](CO)NC(=O)[C@H](CCCCN)NC(=O)[C@H](CCC(N)=O)NC(=O)[C@@H]1CCCN1C(=O)[C@H](Cc1c[nH]c2ccccc12)NC(=O)[C@@H](NC(=O)[C@@H]1CCCN1C(=O)[C@H](Cc1cnc[nH]1)NC(=O)[C@@H](N)CCCNC(=N)N)[C@@H](C)O)C(=O)N[C@@H](Cc1c[nH]c2ccccc12)C(=O)N[C@@H](Cc1cnc[nH]1)C(=O)NCC(=O)N[C@@H](CO)C(=O)N[C@@H](CC(=O)O)C(=O)N1CCC[C@H]1C(=O)N[C@@H](CC(N)=O)C(=O)O. The summed E-state index contributed by atoms with van der Waals surface area (Å²) < 4.78 is 0. The van der Waals surface area contributed by atoms with E-state index in [2.05, 4.69) is 104 Å². The van der Waals surface area contributed by atoms with Crippen molar-refractivity contribution in [2.24, 2.45) is 34.6 Å². The molecule has 3 aliphatic rings. The van der Waals surface area contributed by atoms with E-state index in [0.717, 1.165) is 4.90 Å². The third kappa shape index (κ3) is 32.7. The van der Waals surface area contributed by atoms with E-state index in [4.69, 9.17) is 34.1 Å². The fraction of sp³-hybridized carbons (Fsp3) is 0.527. The number of carbonyl (C=O) groups is 20. The highest BCUT2D eigenvalue weighted by atomic mass is 16.4. The van der Waals surface area contributed by atoms with Gasteiger partial charge in [0.1, 0.15) is 90.6 Å². The van der Waals surface area contributed by atoms with Crippen molar-refractivity contribution >= 4 is 146 Å². The molecule has 54 heteroatoms. The number of guanidine groups is 1. The second-order valence-corrected chi connectivity index (χ2v) is 36.0. The number of fused-ring (bicyclic) bond motifs is 2. The van der Waals surface area contributed by atoms with Gasteiger partial charge in [0.15, 0.2) is 5.96 Å². The van der Waals surface area contributed by atoms with Gasteiger partial charge in [0.2, 0.25) is 106 Å². The number of aliphatic hydroxyl groups is 3. The first-order valence-electron chi connectivity index (χ1n) is 47.4. The second-order valence-electron chi connectivity index (χ2n) is 36.0. The minimum atomic E-state index is -1.95. The van der Waals surface area contributed by atoms with Crippen molar-refractivity contribution in [1.29, 1.82) is 5.41 Å². The zero-order chi connectivity index (χ0) is 106. The van der Waals surface area contributed by atoms with Crippen LogP contribution in [-0.4, -0.2) is 350 Å². The van der Waals surface area contributed by atoms with E-state index in [0.29, 0.717) is 51.5 Å². The molecule has 7 heterocycles. The number of H-pyrrole nitrogens is 4. The van der Waals surface area contributed by atoms with Crippen molar-refractivity contribution in [3.8, 4) is 0 Å². The molecular weight excluding hydrogens is 1900 g/mol. The highest BCUT2D eigenvalue weighted by Gasteiger charge is 2.46. The Morgan fingerprint density at radius 2 is 0.883 bits per heavy atom. The summed E-state index contributed by atoms with van der Waals surface area (Å²) in [6, 6.07) is -11.8. The number of hydrogen-bond donors (Lipinski definition) is 29. The molecule has 17 atom stereocenters. The van der Waals surface area contributed by atoms with Gasteiger partial charge in [-0.15, -0.1) is 0 Å². The number of rotatable bonds is 57. The molecule has 4 aromatic heterocycles. The van der Waals surface area contributed by atoms with Gasteiger partial charge in [-0.3, -0.25) is 96.5 Å². The molecule has 34 N–H and O–H groups in total. The van der Waals surface area contributed by atoms with E-state index in [-0.39, 0.29) is 128 Å². The maximum Gasteiger partial charge on any atom is 0.326 e. The Bertz CT molecular complexity index is 5600. The fourth-order valence-electron chi connectivity index (χ4n) is 17.2. The molecule has 788 valence electrons. The molecule has 6 aromatic rings. The average molecular weight is 2030 g/mol. The normalized spacial score (nSPS) is 17.4. The summed E-state index contributed by atoms with van der Waals surface area (Å²) in [5, 5.41) is 95.2. The number of benzene rings is 2. The third-order valence-corrected chi connectivity index (χ3v) is 24.8. The van der Waals surface area contributed by atoms with Crippen LogP contribution < -0.4 is 103 Å². The number of nitrogens with zero attached hydrogens (tertiary/aromatic N) is 5. The maximum absolute atomic E-state index is 15.4. The number of carboxylic acids is 2. The van der Waals surface area contributed by atoms with Gasteiger partial charge in [0.25, 0.3) is 0 Å². The first kappa shape index (κ1) is 113. The Morgan fingerprint density at radius 3 is 1.38 bits per heavy atom. The molecule has 2 aromatic carbocycles. The van der Waals surface area contributed by atoms with Crippen LogP contribution >= 0.6 is 0 Å². The van der Waals surface area contributed by atoms with E-state index in [1.165, 1.54) is 55.6 Å². The molecule has 18 amide bonds. The molecular formula is C91H129N29O25. The van der Waals surface area contributed by atoms with E-state index in [1.807, 2.05) is 0 Å². The number of carboxylic acid groups (broad SMARTS) is 2. The highest BCUT2D eigenvalue weighted by molar-refractivity contribution is 6.03. The lowest BCUT2D eigenvalue weighted by Gasteiger charge is -2.32. The topological polar surface area (TPSA) is 864 Å². The predicted octanol–water partition coefficient (Wildman–Crippen LogP) is -9.29. The number of unbranched alkanes of at least 4 members (excludes halogenated alkanes) is 1. The Balaban J connectivity index is 0.864. The monoisotopic (exact) mass is 2030 g/mol. The van der Waals surface area contributed by atoms with Gasteiger partial charge in [0, 0.05) is 116 Å². The highest BCUT2D eigenvalue weighted by Crippen LogP contribution is 2.28. The number of aliphatic hydroxyl groups excluding tert-OH is 3. The van der Waals surface area contributed by atoms with Crippen LogP contribution in [-0.2, 0) is 122 Å². The van der Waals surface area contributed by atoms with Crippen LogP contribution in [0.2, 0.25) is 0 Å². The Labute approximate surface area is 829 Å². The molecule has 0 radical (unpaired) electrons. The number of nitrogens with two attached hydrogens (primary N) is 5. The van der Waals surface area contributed by atoms with Crippen LogP contribution in [0.25, 0.3) is 21.8 Å². The number of aliphatic carboxylic acids is 2. The Morgan fingerprint density at radius 1 is 0.448 bits per heavy atom. The number of para-hydroxylation sites is 2. The van der Waals surface area contributed by atoms with Crippen LogP contribution in [0.1, 0.15) is 140 Å². The summed E-state index contributed by atoms with van der Waals surface area (Å²) in [5.41, 5.74) is 31.1. The number of imidazole rings is 2. The van der Waals surface area contributed by atoms with Crippen molar-refractivity contribution in [3.05, 3.63) is 108 Å². The zero-order valence-corrected chi connectivity index (χ0v) is 80.1. The largest absolute Gasteiger partial charge is 0.481 e. The van der Waals surface area contributed by atoms with Crippen molar-refractivity contribution in [3.63, 3.8) is 0 Å². The molecule has 0 aliphatic carbocycles. The number of nitrogens with one attached hydrogen (secondary N) is 19. The first-order chi connectivity index (χ1) is 69.1. The number of amides is 18. The molecule has 3 aliphatic heterocycles. The molecule has 0 unspecified atom stereocenters. The van der Waals surface area contributed by atoms with Crippen molar-refractivity contribution in [2.75, 3.05) is 52.5 Å². The zero-order valence-electron chi connectivity index (χ0n) is 80.1. The molecule has 0 saturated carbocycles. The van der Waals surface area contributed by atoms with Crippen LogP contribution in [0.5, 0.6) is 0 Å². The molecule has 3 saturated heterocycles. The standard InChI is InChI=1S/C91H129N29O25/c1-45(2)73(85(139)110-58(30-47-36-101-54-17-6-4-14-51(47)54)79(133)109-59(32-49-38-98-43-104-49)76(130)103-40-71(126)106-64(41-121)80(134)112-62(35-72(127)128)89(143)119-28-12-21-67(119)83(137)114-63(90(144)145)34-70(95)125)116-81(135)65(42-122)115-77(131)56(19-8-9-25-92)107-78(132)57(23-24-69(94)124)108-82(136)66-20-11-27-118(66)87(141)60(31-48-37-102-55-18-7-5-15-52(48)55)113-86(140)74(46(3)123)117-84(138)68-22-13-29-120(68)88(142)61(33-50-39-99-44-105-50)111-75(129)53(93)16-10-26-100-91(96)97/h4-7,14-15,17-18,36-39,43-46,53,56-68,73-74,101-102,121-123H,8-13,16,19-35,40-42,92-93H2,1-3H3,(H2,94,124)(H2,95,125)(H,98,104)(H,99,105)(H,103,130)(H,106,126)(H,107,132)(H,108,136)(H,109,133)(H,110,139)(H,111,129)(H,112,134)(H,113,140)(H,114,137)(H,115,131)(H,116,135)(H,117,138)(H,127,128)(H,144,145)(H4,96,97,100)/t46-,53+,56+,57+,58+,59+,60+,61+,62+,63+,64+,65+,66+,67+,68+,73+,74+/m1/s1. The molecule has 0 spiro atoms. The number of likely N-dealkylation sites (tertiary alicyclic amines) is 3. The van der Waals surface area contributed by atoms with Crippen LogP contribution in [0.3, 0.4) is 0 Å². The molecule has 145 heavy (non-hydrogen) atoms. The quantitative estimate of drug-likeness (QED) is 0.00958. The van der Waals surface area contributed by atoms with E-state index >= 15 is 4.79 Å². The van der Waals surface area contributed by atoms with Gasteiger partial charge in [-0.1, -0.05) is 50.2 Å². The summed E-state index contributed by atoms with van der Waals surface area (Å²) in [4.78, 5) is 302. The summed E-state index contributed by atoms with van der Waals surface area (Å²) in [5.74, 6) is -22.7. The Hall–Kier alpha value is -15.6. The molecule has 9 rings (SSSR count). The van der Waals surface area contributed by atoms with Gasteiger partial charge >= 0.3 is 11.9 Å². The minimum Gasteiger partial charge on any atom is -0.481 e. The Kier molecular flexibility index (Phi) is 42.5. The number of hydrogen-bond acceptors (Lipinski definition) is 28. The van der Waals surface area contributed by atoms with Crippen molar-refractivity contribution in [1.82, 2.24) is 119 Å². The van der Waals surface area contributed by atoms with E-state index in [9.17, 15) is 117 Å². The van der Waals surface area contributed by atoms with Gasteiger partial charge in [-0.05, 0) is 120 Å². The molecule has 54 nitrogen and oxygen atoms in total. The van der Waals surface area contributed by atoms with Gasteiger partial charge < -0.3 is 163 Å². The number of carbonyl (C=O) groups excluding carboxylic acids is 18. The number of aromatic amines is 4. The van der Waals surface area contributed by atoms with E-state index in [1.54, 1.807) is 60.9 Å². The number of aromatic nitrogens is 6. The summed E-state index contributed by atoms with van der Waals surface area (Å²) >= 11 is 0. The maximum atomic E-state index is 15.4.